The quantitative estimate of drug-likeness (QED) is 0.829. The van der Waals surface area contributed by atoms with Crippen molar-refractivity contribution in [2.75, 3.05) is 13.7 Å². The molecule has 0 bridgehead atoms. The van der Waals surface area contributed by atoms with Crippen LogP contribution in [0.3, 0.4) is 0 Å². The van der Waals surface area contributed by atoms with E-state index in [1.807, 2.05) is 19.9 Å². The van der Waals surface area contributed by atoms with Gasteiger partial charge in [0.15, 0.2) is 11.6 Å². The molecule has 3 heteroatoms. The van der Waals surface area contributed by atoms with Gasteiger partial charge in [0.05, 0.1) is 7.11 Å². The number of rotatable bonds is 4. The van der Waals surface area contributed by atoms with Crippen LogP contribution in [-0.2, 0) is 6.42 Å². The molecule has 0 aliphatic carbocycles. The second-order valence-electron chi connectivity index (χ2n) is 3.98. The molecule has 15 heavy (non-hydrogen) atoms. The summed E-state index contributed by atoms with van der Waals surface area (Å²) in [6.07, 6.45) is 0.748. The van der Waals surface area contributed by atoms with Gasteiger partial charge in [-0.3, -0.25) is 0 Å². The third-order valence-corrected chi connectivity index (χ3v) is 2.44. The van der Waals surface area contributed by atoms with Crippen LogP contribution in [0.5, 0.6) is 5.75 Å². The van der Waals surface area contributed by atoms with E-state index in [4.69, 9.17) is 10.5 Å². The van der Waals surface area contributed by atoms with Gasteiger partial charge in [0, 0.05) is 0 Å². The van der Waals surface area contributed by atoms with Crippen molar-refractivity contribution >= 4 is 0 Å². The highest BCUT2D eigenvalue weighted by Crippen LogP contribution is 2.26. The Bertz CT molecular complexity index is 339. The first kappa shape index (κ1) is 12.0. The van der Waals surface area contributed by atoms with E-state index in [0.717, 1.165) is 17.5 Å². The number of aryl methyl sites for hydroxylation is 1. The summed E-state index contributed by atoms with van der Waals surface area (Å²) in [4.78, 5) is 0. The first-order chi connectivity index (χ1) is 7.08. The minimum Gasteiger partial charge on any atom is -0.493 e. The van der Waals surface area contributed by atoms with E-state index in [1.54, 1.807) is 0 Å². The normalized spacial score (nSPS) is 12.6. The van der Waals surface area contributed by atoms with Crippen molar-refractivity contribution in [1.82, 2.24) is 0 Å². The predicted molar refractivity (Wildman–Crippen MR) is 59.6 cm³/mol. The van der Waals surface area contributed by atoms with Gasteiger partial charge in [-0.15, -0.1) is 0 Å². The van der Waals surface area contributed by atoms with Crippen molar-refractivity contribution in [1.29, 1.82) is 0 Å². The molecule has 0 saturated carbocycles. The maximum atomic E-state index is 13.5. The Balaban J connectivity index is 3.03. The van der Waals surface area contributed by atoms with Crippen molar-refractivity contribution in [3.63, 3.8) is 0 Å². The van der Waals surface area contributed by atoms with E-state index in [9.17, 15) is 4.39 Å². The number of methoxy groups -OCH3 is 1. The average Bonchev–Trinajstić information content (AvgIpc) is 2.17. The number of ether oxygens (including phenoxy) is 1. The molecular weight excluding hydrogens is 193 g/mol. The summed E-state index contributed by atoms with van der Waals surface area (Å²) in [7, 11) is 1.49. The van der Waals surface area contributed by atoms with Crippen LogP contribution in [0.4, 0.5) is 4.39 Å². The van der Waals surface area contributed by atoms with Crippen LogP contribution in [0.2, 0.25) is 0 Å². The first-order valence-electron chi connectivity index (χ1n) is 5.11. The summed E-state index contributed by atoms with van der Waals surface area (Å²) in [5.41, 5.74) is 7.36. The molecule has 0 saturated heterocycles. The van der Waals surface area contributed by atoms with Crippen LogP contribution in [0.1, 0.15) is 18.1 Å². The van der Waals surface area contributed by atoms with Crippen molar-refractivity contribution in [3.8, 4) is 5.75 Å². The number of hydrogen-bond donors (Lipinski definition) is 1. The topological polar surface area (TPSA) is 35.2 Å². The van der Waals surface area contributed by atoms with Crippen molar-refractivity contribution < 1.29 is 9.13 Å². The molecule has 84 valence electrons. The smallest absolute Gasteiger partial charge is 0.165 e. The van der Waals surface area contributed by atoms with Gasteiger partial charge in [0.1, 0.15) is 0 Å². The van der Waals surface area contributed by atoms with Gasteiger partial charge in [-0.2, -0.15) is 0 Å². The number of halogens is 1. The first-order valence-corrected chi connectivity index (χ1v) is 5.11. The Hall–Kier alpha value is -1.09. The number of hydrogen-bond acceptors (Lipinski definition) is 2. The van der Waals surface area contributed by atoms with Crippen LogP contribution in [0.15, 0.2) is 12.1 Å². The fourth-order valence-electron chi connectivity index (χ4n) is 1.64. The summed E-state index contributed by atoms with van der Waals surface area (Å²) in [6.45, 7) is 4.51. The Kier molecular flexibility index (Phi) is 4.09. The fourth-order valence-corrected chi connectivity index (χ4v) is 1.64. The van der Waals surface area contributed by atoms with E-state index in [-0.39, 0.29) is 5.82 Å². The van der Waals surface area contributed by atoms with Gasteiger partial charge in [0.2, 0.25) is 0 Å². The second kappa shape index (κ2) is 5.12. The monoisotopic (exact) mass is 211 g/mol. The molecule has 1 atom stereocenters. The zero-order valence-corrected chi connectivity index (χ0v) is 9.51. The molecule has 0 aromatic heterocycles. The molecule has 1 unspecified atom stereocenters. The largest absolute Gasteiger partial charge is 0.493 e. The summed E-state index contributed by atoms with van der Waals surface area (Å²) >= 11 is 0. The van der Waals surface area contributed by atoms with Crippen LogP contribution in [0, 0.1) is 18.7 Å². The van der Waals surface area contributed by atoms with E-state index in [0.29, 0.717) is 18.2 Å². The lowest BCUT2D eigenvalue weighted by molar-refractivity contribution is 0.378. The van der Waals surface area contributed by atoms with E-state index in [1.165, 1.54) is 13.2 Å². The molecule has 2 nitrogen and oxygen atoms in total. The van der Waals surface area contributed by atoms with E-state index in [2.05, 4.69) is 0 Å². The highest BCUT2D eigenvalue weighted by Gasteiger charge is 2.12. The Morgan fingerprint density at radius 2 is 2.13 bits per heavy atom. The van der Waals surface area contributed by atoms with Gasteiger partial charge in [-0.25, -0.2) is 4.39 Å². The minimum absolute atomic E-state index is 0.295. The van der Waals surface area contributed by atoms with Gasteiger partial charge in [-0.05, 0) is 43.0 Å². The summed E-state index contributed by atoms with van der Waals surface area (Å²) in [5, 5.41) is 0. The highest BCUT2D eigenvalue weighted by molar-refractivity contribution is 5.38. The molecular formula is C12H18FNO. The summed E-state index contributed by atoms with van der Waals surface area (Å²) in [6, 6.07) is 3.43. The van der Waals surface area contributed by atoms with E-state index < -0.39 is 0 Å². The van der Waals surface area contributed by atoms with Crippen LogP contribution in [-0.4, -0.2) is 13.7 Å². The lowest BCUT2D eigenvalue weighted by Gasteiger charge is -2.13. The molecule has 0 amide bonds. The molecule has 2 N–H and O–H groups in total. The van der Waals surface area contributed by atoms with Crippen molar-refractivity contribution in [2.24, 2.45) is 11.7 Å². The average molecular weight is 211 g/mol. The molecule has 0 spiro atoms. The lowest BCUT2D eigenvalue weighted by Crippen LogP contribution is -2.14. The van der Waals surface area contributed by atoms with Crippen LogP contribution in [0.25, 0.3) is 0 Å². The van der Waals surface area contributed by atoms with E-state index >= 15 is 0 Å². The summed E-state index contributed by atoms with van der Waals surface area (Å²) in [5.74, 6) is 0.387. The summed E-state index contributed by atoms with van der Waals surface area (Å²) < 4.78 is 18.6. The maximum absolute atomic E-state index is 13.5. The molecule has 0 aliphatic rings. The molecule has 1 rings (SSSR count). The molecule has 0 radical (unpaired) electrons. The molecule has 0 aliphatic heterocycles. The minimum atomic E-state index is -0.295. The van der Waals surface area contributed by atoms with Gasteiger partial charge < -0.3 is 10.5 Å². The standard InChI is InChI=1S/C12H18FNO/c1-8-4-10(5-9(2)7-14)12(15-3)11(13)6-8/h4,6,9H,5,7,14H2,1-3H3. The van der Waals surface area contributed by atoms with Gasteiger partial charge in [0.25, 0.3) is 0 Å². The Labute approximate surface area is 90.2 Å². The fraction of sp³-hybridized carbons (Fsp3) is 0.500. The SMILES string of the molecule is COc1c(F)cc(C)cc1CC(C)CN. The van der Waals surface area contributed by atoms with Crippen LogP contribution >= 0.6 is 0 Å². The molecule has 0 fully saturated rings. The predicted octanol–water partition coefficient (Wildman–Crippen LogP) is 2.28. The third kappa shape index (κ3) is 2.93. The highest BCUT2D eigenvalue weighted by atomic mass is 19.1. The molecule has 0 heterocycles. The zero-order valence-electron chi connectivity index (χ0n) is 9.51. The third-order valence-electron chi connectivity index (χ3n) is 2.44. The van der Waals surface area contributed by atoms with Crippen LogP contribution < -0.4 is 10.5 Å². The van der Waals surface area contributed by atoms with Crippen molar-refractivity contribution in [3.05, 3.63) is 29.1 Å². The zero-order chi connectivity index (χ0) is 11.4. The number of nitrogens with two attached hydrogens (primary N) is 1. The maximum Gasteiger partial charge on any atom is 0.165 e. The van der Waals surface area contributed by atoms with Gasteiger partial charge in [-0.1, -0.05) is 13.0 Å². The lowest BCUT2D eigenvalue weighted by atomic mass is 9.98. The molecule has 1 aromatic rings. The van der Waals surface area contributed by atoms with Crippen molar-refractivity contribution in [2.45, 2.75) is 20.3 Å². The Morgan fingerprint density at radius 1 is 1.47 bits per heavy atom. The molecule has 1 aromatic carbocycles. The van der Waals surface area contributed by atoms with Gasteiger partial charge >= 0.3 is 0 Å². The number of benzene rings is 1. The Morgan fingerprint density at radius 3 is 2.67 bits per heavy atom. The second-order valence-corrected chi connectivity index (χ2v) is 3.98.